The van der Waals surface area contributed by atoms with Crippen molar-refractivity contribution in [1.29, 1.82) is 0 Å². The quantitative estimate of drug-likeness (QED) is 0.861. The fourth-order valence-corrected chi connectivity index (χ4v) is 2.77. The zero-order chi connectivity index (χ0) is 13.1. The van der Waals surface area contributed by atoms with Gasteiger partial charge in [-0.3, -0.25) is 0 Å². The van der Waals surface area contributed by atoms with Crippen molar-refractivity contribution in [2.24, 2.45) is 0 Å². The van der Waals surface area contributed by atoms with Crippen molar-refractivity contribution in [2.45, 2.75) is 18.9 Å². The lowest BCUT2D eigenvalue weighted by Gasteiger charge is -2.19. The molecule has 98 valence electrons. The van der Waals surface area contributed by atoms with Gasteiger partial charge in [0.1, 0.15) is 5.75 Å². The summed E-state index contributed by atoms with van der Waals surface area (Å²) in [5.74, 6) is 0.986. The molecule has 2 nitrogen and oxygen atoms in total. The molecule has 0 aromatic heterocycles. The van der Waals surface area contributed by atoms with Gasteiger partial charge in [0, 0.05) is 15.7 Å². The van der Waals surface area contributed by atoms with Crippen molar-refractivity contribution < 1.29 is 4.74 Å². The predicted octanol–water partition coefficient (Wildman–Crippen LogP) is 4.77. The van der Waals surface area contributed by atoms with Crippen molar-refractivity contribution in [3.8, 4) is 5.75 Å². The maximum Gasteiger partial charge on any atom is 0.125 e. The van der Waals surface area contributed by atoms with Gasteiger partial charge >= 0.3 is 0 Å². The van der Waals surface area contributed by atoms with Crippen LogP contribution in [0.2, 0.25) is 0 Å². The number of hydrogen-bond acceptors (Lipinski definition) is 2. The molecule has 1 aliphatic rings. The number of nitrogens with one attached hydrogen (secondary N) is 1. The number of para-hydroxylation sites is 1. The van der Waals surface area contributed by atoms with E-state index in [1.165, 1.54) is 5.56 Å². The van der Waals surface area contributed by atoms with Crippen LogP contribution in [0.5, 0.6) is 5.75 Å². The Balaban J connectivity index is 1.90. The van der Waals surface area contributed by atoms with E-state index in [0.717, 1.165) is 35.4 Å². The molecule has 2 aromatic carbocycles. The summed E-state index contributed by atoms with van der Waals surface area (Å²) in [4.78, 5) is 0. The largest absolute Gasteiger partial charge is 0.493 e. The zero-order valence-corrected chi connectivity index (χ0v) is 12.2. The maximum absolute atomic E-state index is 5.83. The number of hydrogen-bond donors (Lipinski definition) is 1. The van der Waals surface area contributed by atoms with Crippen molar-refractivity contribution in [3.05, 3.63) is 58.6 Å². The topological polar surface area (TPSA) is 21.3 Å². The van der Waals surface area contributed by atoms with Gasteiger partial charge in [0.25, 0.3) is 0 Å². The monoisotopic (exact) mass is 317 g/mol. The molecule has 19 heavy (non-hydrogen) atoms. The molecular formula is C16H16BrNO. The van der Waals surface area contributed by atoms with E-state index < -0.39 is 0 Å². The Bertz CT molecular complexity index is 556. The van der Waals surface area contributed by atoms with Crippen LogP contribution in [-0.2, 0) is 0 Å². The van der Waals surface area contributed by atoms with E-state index in [4.69, 9.17) is 4.74 Å². The summed E-state index contributed by atoms with van der Waals surface area (Å²) in [6.07, 6.45) is 2.15. The molecule has 1 atom stereocenters. The van der Waals surface area contributed by atoms with E-state index >= 15 is 0 Å². The summed E-state index contributed by atoms with van der Waals surface area (Å²) in [7, 11) is 0. The summed E-state index contributed by atoms with van der Waals surface area (Å²) in [5, 5.41) is 3.60. The van der Waals surface area contributed by atoms with Gasteiger partial charge in [-0.15, -0.1) is 0 Å². The Morgan fingerprint density at radius 2 is 1.95 bits per heavy atom. The highest BCUT2D eigenvalue weighted by molar-refractivity contribution is 9.10. The highest BCUT2D eigenvalue weighted by Gasteiger charge is 2.19. The number of ether oxygens (including phenoxy) is 1. The summed E-state index contributed by atoms with van der Waals surface area (Å²) in [6, 6.07) is 16.9. The SMILES string of the molecule is Brc1ccc2c(c1)OCCCC2Nc1ccccc1. The molecule has 3 rings (SSSR count). The van der Waals surface area contributed by atoms with E-state index in [1.807, 2.05) is 6.07 Å². The standard InChI is InChI=1S/C16H16BrNO/c17-12-8-9-14-15(7-4-10-19-16(14)11-12)18-13-5-2-1-3-6-13/h1-3,5-6,8-9,11,15,18H,4,7,10H2. The minimum absolute atomic E-state index is 0.313. The number of halogens is 1. The average molecular weight is 318 g/mol. The molecule has 1 unspecified atom stereocenters. The fraction of sp³-hybridized carbons (Fsp3) is 0.250. The second kappa shape index (κ2) is 5.66. The molecule has 0 radical (unpaired) electrons. The normalized spacial score (nSPS) is 18.1. The lowest BCUT2D eigenvalue weighted by molar-refractivity contribution is 0.316. The first-order valence-corrected chi connectivity index (χ1v) is 7.36. The number of rotatable bonds is 2. The summed E-state index contributed by atoms with van der Waals surface area (Å²) < 4.78 is 6.89. The molecule has 0 aliphatic carbocycles. The number of anilines is 1. The van der Waals surface area contributed by atoms with E-state index in [2.05, 4.69) is 63.7 Å². The minimum Gasteiger partial charge on any atom is -0.493 e. The Morgan fingerprint density at radius 1 is 1.11 bits per heavy atom. The maximum atomic E-state index is 5.83. The molecule has 0 saturated carbocycles. The van der Waals surface area contributed by atoms with Crippen molar-refractivity contribution in [1.82, 2.24) is 0 Å². The molecule has 0 amide bonds. The third-order valence-corrected chi connectivity index (χ3v) is 3.85. The Hall–Kier alpha value is -1.48. The second-order valence-electron chi connectivity index (χ2n) is 4.74. The van der Waals surface area contributed by atoms with Gasteiger partial charge in [-0.05, 0) is 37.1 Å². The van der Waals surface area contributed by atoms with Crippen LogP contribution < -0.4 is 10.1 Å². The number of benzene rings is 2. The number of fused-ring (bicyclic) bond motifs is 1. The van der Waals surface area contributed by atoms with Crippen LogP contribution in [0.25, 0.3) is 0 Å². The summed E-state index contributed by atoms with van der Waals surface area (Å²) in [6.45, 7) is 0.788. The first-order valence-electron chi connectivity index (χ1n) is 6.57. The van der Waals surface area contributed by atoms with Crippen LogP contribution in [0.4, 0.5) is 5.69 Å². The van der Waals surface area contributed by atoms with Crippen molar-refractivity contribution in [3.63, 3.8) is 0 Å². The van der Waals surface area contributed by atoms with Crippen LogP contribution in [0.15, 0.2) is 53.0 Å². The third-order valence-electron chi connectivity index (χ3n) is 3.36. The summed E-state index contributed by atoms with van der Waals surface area (Å²) in [5.41, 5.74) is 2.40. The molecule has 1 N–H and O–H groups in total. The molecular weight excluding hydrogens is 302 g/mol. The highest BCUT2D eigenvalue weighted by Crippen LogP contribution is 2.35. The molecule has 1 aliphatic heterocycles. The highest BCUT2D eigenvalue weighted by atomic mass is 79.9. The van der Waals surface area contributed by atoms with E-state index in [-0.39, 0.29) is 0 Å². The molecule has 0 saturated heterocycles. The first kappa shape index (κ1) is 12.5. The average Bonchev–Trinajstić information content (AvgIpc) is 2.62. The van der Waals surface area contributed by atoms with Gasteiger partial charge in [-0.1, -0.05) is 40.2 Å². The Kier molecular flexibility index (Phi) is 3.74. The van der Waals surface area contributed by atoms with Crippen LogP contribution in [-0.4, -0.2) is 6.61 Å². The lowest BCUT2D eigenvalue weighted by Crippen LogP contribution is -2.09. The van der Waals surface area contributed by atoms with Gasteiger partial charge in [0.2, 0.25) is 0 Å². The lowest BCUT2D eigenvalue weighted by atomic mass is 10.0. The van der Waals surface area contributed by atoms with E-state index in [0.29, 0.717) is 6.04 Å². The van der Waals surface area contributed by atoms with Crippen molar-refractivity contribution >= 4 is 21.6 Å². The van der Waals surface area contributed by atoms with Gasteiger partial charge in [0.15, 0.2) is 0 Å². The van der Waals surface area contributed by atoms with Crippen LogP contribution in [0, 0.1) is 0 Å². The van der Waals surface area contributed by atoms with E-state index in [9.17, 15) is 0 Å². The van der Waals surface area contributed by atoms with Crippen LogP contribution >= 0.6 is 15.9 Å². The fourth-order valence-electron chi connectivity index (χ4n) is 2.43. The molecule has 0 spiro atoms. The molecule has 3 heteroatoms. The van der Waals surface area contributed by atoms with Crippen LogP contribution in [0.1, 0.15) is 24.4 Å². The van der Waals surface area contributed by atoms with Gasteiger partial charge in [0.05, 0.1) is 12.6 Å². The van der Waals surface area contributed by atoms with Crippen LogP contribution in [0.3, 0.4) is 0 Å². The second-order valence-corrected chi connectivity index (χ2v) is 5.65. The molecule has 0 bridgehead atoms. The zero-order valence-electron chi connectivity index (χ0n) is 10.6. The summed E-state index contributed by atoms with van der Waals surface area (Å²) >= 11 is 3.50. The van der Waals surface area contributed by atoms with Crippen molar-refractivity contribution in [2.75, 3.05) is 11.9 Å². The van der Waals surface area contributed by atoms with Gasteiger partial charge < -0.3 is 10.1 Å². The molecule has 1 heterocycles. The minimum atomic E-state index is 0.313. The van der Waals surface area contributed by atoms with E-state index in [1.54, 1.807) is 0 Å². The molecule has 2 aromatic rings. The van der Waals surface area contributed by atoms with Gasteiger partial charge in [-0.2, -0.15) is 0 Å². The smallest absolute Gasteiger partial charge is 0.125 e. The first-order chi connectivity index (χ1) is 9.33. The third kappa shape index (κ3) is 2.92. The molecule has 0 fully saturated rings. The predicted molar refractivity (Wildman–Crippen MR) is 81.7 cm³/mol. The Morgan fingerprint density at radius 3 is 2.79 bits per heavy atom. The Labute approximate surface area is 121 Å². The van der Waals surface area contributed by atoms with Gasteiger partial charge in [-0.25, -0.2) is 0 Å².